The Balaban J connectivity index is 1.56. The molecule has 4 rings (SSSR count). The second-order valence-corrected chi connectivity index (χ2v) is 10.6. The van der Waals surface area contributed by atoms with Gasteiger partial charge in [0, 0.05) is 56.2 Å². The molecule has 0 N–H and O–H groups in total. The molecule has 154 valence electrons. The van der Waals surface area contributed by atoms with Crippen LogP contribution in [0.4, 0.5) is 10.1 Å². The van der Waals surface area contributed by atoms with Crippen LogP contribution in [0, 0.1) is 33.9 Å². The van der Waals surface area contributed by atoms with Gasteiger partial charge in [-0.2, -0.15) is 0 Å². The minimum Gasteiger partial charge on any atom is -0.368 e. The second kappa shape index (κ2) is 6.15. The monoisotopic (exact) mass is 388 g/mol. The minimum atomic E-state index is -0.267. The van der Waals surface area contributed by atoms with Gasteiger partial charge in [-0.3, -0.25) is 9.78 Å². The lowest BCUT2D eigenvalue weighted by molar-refractivity contribution is -0.133. The molecule has 1 aromatic rings. The molecule has 0 aromatic carbocycles. The first kappa shape index (κ1) is 19.6. The van der Waals surface area contributed by atoms with E-state index in [9.17, 15) is 9.18 Å². The summed E-state index contributed by atoms with van der Waals surface area (Å²) in [6.07, 6.45) is 2.94. The van der Waals surface area contributed by atoms with Gasteiger partial charge in [-0.25, -0.2) is 4.39 Å². The number of fused-ring (bicyclic) bond motifs is 1. The fourth-order valence-electron chi connectivity index (χ4n) is 6.01. The summed E-state index contributed by atoms with van der Waals surface area (Å²) in [5, 5.41) is 0. The summed E-state index contributed by atoms with van der Waals surface area (Å²) < 4.78 is 14.3. The average Bonchev–Trinajstić information content (AvgIpc) is 2.88. The summed E-state index contributed by atoms with van der Waals surface area (Å²) in [4.78, 5) is 23.7. The summed E-state index contributed by atoms with van der Waals surface area (Å²) in [5.41, 5.74) is 0.730. The summed E-state index contributed by atoms with van der Waals surface area (Å²) in [7, 11) is 4.16. The normalized spacial score (nSPS) is 30.8. The van der Waals surface area contributed by atoms with Gasteiger partial charge in [-0.15, -0.1) is 0 Å². The Morgan fingerprint density at radius 2 is 1.89 bits per heavy atom. The topological polar surface area (TPSA) is 39.7 Å². The third-order valence-corrected chi connectivity index (χ3v) is 8.06. The van der Waals surface area contributed by atoms with E-state index in [0.29, 0.717) is 17.5 Å². The molecule has 2 unspecified atom stereocenters. The first-order valence-electron chi connectivity index (χ1n) is 10.3. The van der Waals surface area contributed by atoms with E-state index in [1.165, 1.54) is 6.20 Å². The van der Waals surface area contributed by atoms with Crippen LogP contribution in [0.5, 0.6) is 0 Å². The summed E-state index contributed by atoms with van der Waals surface area (Å²) in [6.45, 7) is 12.8. The quantitative estimate of drug-likeness (QED) is 0.795. The standard InChI is InChI=1S/C22H33FN4O/c1-20(2)18(21(20,3)4)19(28)27-11-15-10-26(17-7-8-24-9-16(17)23)13-22(15,14-27)12-25(5)6/h7-9,15,18H,10-14H2,1-6H3. The largest absolute Gasteiger partial charge is 0.368 e. The highest BCUT2D eigenvalue weighted by Gasteiger charge is 2.69. The molecular formula is C22H33FN4O. The molecule has 3 heterocycles. The molecule has 3 fully saturated rings. The average molecular weight is 389 g/mol. The number of anilines is 1. The van der Waals surface area contributed by atoms with Crippen LogP contribution in [0.1, 0.15) is 27.7 Å². The lowest BCUT2D eigenvalue weighted by Gasteiger charge is -2.32. The highest BCUT2D eigenvalue weighted by molar-refractivity contribution is 5.84. The SMILES string of the molecule is CN(C)CC12CN(C(=O)C3C(C)(C)C3(C)C)CC1CN(c1ccncc1F)C2. The maximum Gasteiger partial charge on any atom is 0.226 e. The fraction of sp³-hybridized carbons (Fsp3) is 0.727. The van der Waals surface area contributed by atoms with E-state index in [4.69, 9.17) is 0 Å². The molecule has 0 bridgehead atoms. The van der Waals surface area contributed by atoms with Crippen LogP contribution >= 0.6 is 0 Å². The zero-order valence-electron chi connectivity index (χ0n) is 18.0. The van der Waals surface area contributed by atoms with Crippen molar-refractivity contribution in [1.29, 1.82) is 0 Å². The molecule has 2 saturated heterocycles. The molecule has 0 spiro atoms. The first-order chi connectivity index (χ1) is 13.0. The van der Waals surface area contributed by atoms with E-state index in [1.54, 1.807) is 12.3 Å². The zero-order chi connectivity index (χ0) is 20.5. The number of rotatable bonds is 4. The third-order valence-electron chi connectivity index (χ3n) is 8.06. The number of carbonyl (C=O) groups is 1. The highest BCUT2D eigenvalue weighted by atomic mass is 19.1. The van der Waals surface area contributed by atoms with Crippen LogP contribution in [0.15, 0.2) is 18.5 Å². The van der Waals surface area contributed by atoms with Crippen molar-refractivity contribution in [3.63, 3.8) is 0 Å². The maximum atomic E-state index is 14.3. The molecule has 2 aliphatic heterocycles. The summed E-state index contributed by atoms with van der Waals surface area (Å²) in [6, 6.07) is 1.76. The minimum absolute atomic E-state index is 0.0158. The number of amides is 1. The van der Waals surface area contributed by atoms with Crippen LogP contribution in [0.3, 0.4) is 0 Å². The van der Waals surface area contributed by atoms with Crippen LogP contribution in [-0.4, -0.2) is 67.5 Å². The van der Waals surface area contributed by atoms with Crippen molar-refractivity contribution < 1.29 is 9.18 Å². The van der Waals surface area contributed by atoms with Crippen LogP contribution in [0.25, 0.3) is 0 Å². The van der Waals surface area contributed by atoms with Crippen molar-refractivity contribution in [3.05, 3.63) is 24.3 Å². The number of likely N-dealkylation sites (tertiary alicyclic amines) is 1. The number of hydrogen-bond donors (Lipinski definition) is 0. The van der Waals surface area contributed by atoms with Gasteiger partial charge in [0.1, 0.15) is 0 Å². The molecule has 3 aliphatic rings. The first-order valence-corrected chi connectivity index (χ1v) is 10.3. The van der Waals surface area contributed by atoms with Crippen molar-refractivity contribution in [2.45, 2.75) is 27.7 Å². The molecule has 1 aromatic heterocycles. The van der Waals surface area contributed by atoms with Crippen LogP contribution < -0.4 is 4.90 Å². The molecule has 5 nitrogen and oxygen atoms in total. The van der Waals surface area contributed by atoms with Crippen molar-refractivity contribution in [2.24, 2.45) is 28.1 Å². The van der Waals surface area contributed by atoms with Gasteiger partial charge in [-0.1, -0.05) is 27.7 Å². The molecule has 1 aliphatic carbocycles. The van der Waals surface area contributed by atoms with E-state index in [1.807, 2.05) is 0 Å². The number of nitrogens with zero attached hydrogens (tertiary/aromatic N) is 4. The maximum absolute atomic E-state index is 14.3. The Kier molecular flexibility index (Phi) is 4.31. The Morgan fingerprint density at radius 1 is 1.21 bits per heavy atom. The summed E-state index contributed by atoms with van der Waals surface area (Å²) in [5.74, 6) is 0.501. The van der Waals surface area contributed by atoms with E-state index in [2.05, 4.69) is 61.5 Å². The van der Waals surface area contributed by atoms with E-state index >= 15 is 0 Å². The second-order valence-electron chi connectivity index (χ2n) is 10.6. The molecule has 1 saturated carbocycles. The molecule has 28 heavy (non-hydrogen) atoms. The number of hydrogen-bond acceptors (Lipinski definition) is 4. The van der Waals surface area contributed by atoms with Gasteiger partial charge in [0.2, 0.25) is 5.91 Å². The molecule has 6 heteroatoms. The predicted octanol–water partition coefficient (Wildman–Crippen LogP) is 2.73. The van der Waals surface area contributed by atoms with Crippen molar-refractivity contribution in [2.75, 3.05) is 51.7 Å². The van der Waals surface area contributed by atoms with Gasteiger partial charge >= 0.3 is 0 Å². The van der Waals surface area contributed by atoms with Gasteiger partial charge in [0.15, 0.2) is 5.82 Å². The third kappa shape index (κ3) is 2.75. The lowest BCUT2D eigenvalue weighted by atomic mass is 9.80. The van der Waals surface area contributed by atoms with Gasteiger partial charge in [0.25, 0.3) is 0 Å². The van der Waals surface area contributed by atoms with Gasteiger partial charge in [0.05, 0.1) is 11.9 Å². The van der Waals surface area contributed by atoms with Crippen molar-refractivity contribution in [3.8, 4) is 0 Å². The van der Waals surface area contributed by atoms with Crippen molar-refractivity contribution >= 4 is 11.6 Å². The number of halogens is 1. The number of aromatic nitrogens is 1. The zero-order valence-corrected chi connectivity index (χ0v) is 18.0. The van der Waals surface area contributed by atoms with E-state index in [0.717, 1.165) is 32.7 Å². The molecular weight excluding hydrogens is 355 g/mol. The molecule has 0 radical (unpaired) electrons. The highest BCUT2D eigenvalue weighted by Crippen LogP contribution is 2.69. The summed E-state index contributed by atoms with van der Waals surface area (Å²) >= 11 is 0. The van der Waals surface area contributed by atoms with E-state index in [-0.39, 0.29) is 28.0 Å². The number of carbonyl (C=O) groups excluding carboxylic acids is 1. The Morgan fingerprint density at radius 3 is 2.46 bits per heavy atom. The Hall–Kier alpha value is -1.69. The molecule has 1 amide bonds. The number of pyridine rings is 1. The van der Waals surface area contributed by atoms with Crippen molar-refractivity contribution in [1.82, 2.24) is 14.8 Å². The Labute approximate surface area is 167 Å². The van der Waals surface area contributed by atoms with Crippen LogP contribution in [0.2, 0.25) is 0 Å². The van der Waals surface area contributed by atoms with E-state index < -0.39 is 0 Å². The predicted molar refractivity (Wildman–Crippen MR) is 109 cm³/mol. The van der Waals surface area contributed by atoms with Gasteiger partial charge in [-0.05, 0) is 31.0 Å². The molecule has 2 atom stereocenters. The fourth-order valence-corrected chi connectivity index (χ4v) is 6.01. The van der Waals surface area contributed by atoms with Crippen LogP contribution in [-0.2, 0) is 4.79 Å². The lowest BCUT2D eigenvalue weighted by Crippen LogP contribution is -2.43. The van der Waals surface area contributed by atoms with Gasteiger partial charge < -0.3 is 14.7 Å². The Bertz CT molecular complexity index is 778. The smallest absolute Gasteiger partial charge is 0.226 e.